The summed E-state index contributed by atoms with van der Waals surface area (Å²) in [6.07, 6.45) is 14.3. The minimum absolute atomic E-state index is 0.465. The SMILES string of the molecule is NC1=C(C2=CCCCC2)NC(C2CCNCC2)C=C1. The molecule has 0 aromatic heterocycles. The number of dihydropyridines is 1. The number of rotatable bonds is 2. The first kappa shape index (κ1) is 12.8. The molecule has 1 fully saturated rings. The molecule has 3 heteroatoms. The van der Waals surface area contributed by atoms with Gasteiger partial charge in [0.25, 0.3) is 0 Å². The van der Waals surface area contributed by atoms with Gasteiger partial charge >= 0.3 is 0 Å². The molecule has 0 amide bonds. The van der Waals surface area contributed by atoms with Crippen molar-refractivity contribution in [1.29, 1.82) is 0 Å². The molecule has 2 aliphatic heterocycles. The minimum Gasteiger partial charge on any atom is -0.397 e. The molecule has 0 radical (unpaired) electrons. The van der Waals surface area contributed by atoms with Crippen LogP contribution in [0.3, 0.4) is 0 Å². The molecule has 3 rings (SSSR count). The van der Waals surface area contributed by atoms with Gasteiger partial charge in [-0.1, -0.05) is 12.2 Å². The van der Waals surface area contributed by atoms with Crippen molar-refractivity contribution in [2.45, 2.75) is 44.6 Å². The molecule has 1 aliphatic carbocycles. The van der Waals surface area contributed by atoms with Crippen molar-refractivity contribution >= 4 is 0 Å². The highest BCUT2D eigenvalue weighted by Crippen LogP contribution is 2.28. The van der Waals surface area contributed by atoms with Gasteiger partial charge in [0.05, 0.1) is 11.4 Å². The van der Waals surface area contributed by atoms with E-state index in [4.69, 9.17) is 5.73 Å². The lowest BCUT2D eigenvalue weighted by atomic mass is 9.86. The van der Waals surface area contributed by atoms with Crippen LogP contribution in [0.4, 0.5) is 0 Å². The van der Waals surface area contributed by atoms with Crippen molar-refractivity contribution < 1.29 is 0 Å². The maximum absolute atomic E-state index is 6.18. The number of piperidine rings is 1. The second kappa shape index (κ2) is 5.83. The smallest absolute Gasteiger partial charge is 0.0607 e. The molecule has 0 aromatic rings. The molecule has 19 heavy (non-hydrogen) atoms. The maximum atomic E-state index is 6.18. The highest BCUT2D eigenvalue weighted by molar-refractivity contribution is 5.41. The van der Waals surface area contributed by atoms with E-state index in [1.54, 1.807) is 0 Å². The standard InChI is InChI=1S/C16H25N3/c17-14-6-7-15(12-8-10-18-11-9-12)19-16(14)13-4-2-1-3-5-13/h4,6-7,12,15,18-19H,1-3,5,8-11,17H2. The molecule has 104 valence electrons. The zero-order valence-electron chi connectivity index (χ0n) is 11.6. The third-order valence-electron chi connectivity index (χ3n) is 4.59. The van der Waals surface area contributed by atoms with Crippen LogP contribution >= 0.6 is 0 Å². The summed E-state index contributed by atoms with van der Waals surface area (Å²) in [5.41, 5.74) is 9.74. The number of hydrogen-bond acceptors (Lipinski definition) is 3. The van der Waals surface area contributed by atoms with Crippen molar-refractivity contribution in [3.05, 3.63) is 35.2 Å². The summed E-state index contributed by atoms with van der Waals surface area (Å²) >= 11 is 0. The number of allylic oxidation sites excluding steroid dienone is 3. The summed E-state index contributed by atoms with van der Waals surface area (Å²) in [7, 11) is 0. The monoisotopic (exact) mass is 259 g/mol. The van der Waals surface area contributed by atoms with E-state index in [0.29, 0.717) is 6.04 Å². The van der Waals surface area contributed by atoms with Crippen LogP contribution in [0.25, 0.3) is 0 Å². The normalized spacial score (nSPS) is 29.1. The van der Waals surface area contributed by atoms with Gasteiger partial charge < -0.3 is 16.4 Å². The van der Waals surface area contributed by atoms with Crippen LogP contribution in [0.2, 0.25) is 0 Å². The van der Waals surface area contributed by atoms with Crippen LogP contribution in [-0.2, 0) is 0 Å². The Hall–Kier alpha value is -1.22. The molecule has 0 bridgehead atoms. The summed E-state index contributed by atoms with van der Waals surface area (Å²) < 4.78 is 0. The number of nitrogens with two attached hydrogens (primary N) is 1. The first-order chi connectivity index (χ1) is 9.34. The van der Waals surface area contributed by atoms with E-state index < -0.39 is 0 Å². The van der Waals surface area contributed by atoms with E-state index in [2.05, 4.69) is 28.9 Å². The molecule has 3 aliphatic rings. The molecule has 0 spiro atoms. The Morgan fingerprint density at radius 2 is 2.00 bits per heavy atom. The molecule has 1 saturated heterocycles. The van der Waals surface area contributed by atoms with Gasteiger partial charge in [0.15, 0.2) is 0 Å². The second-order valence-electron chi connectivity index (χ2n) is 5.92. The summed E-state index contributed by atoms with van der Waals surface area (Å²) in [5.74, 6) is 0.741. The number of hydrogen-bond donors (Lipinski definition) is 3. The lowest BCUT2D eigenvalue weighted by molar-refractivity contribution is 0.323. The highest BCUT2D eigenvalue weighted by Gasteiger charge is 2.25. The van der Waals surface area contributed by atoms with E-state index in [9.17, 15) is 0 Å². The van der Waals surface area contributed by atoms with Crippen LogP contribution in [0.15, 0.2) is 35.2 Å². The van der Waals surface area contributed by atoms with Crippen molar-refractivity contribution in [2.75, 3.05) is 13.1 Å². The molecule has 0 aromatic carbocycles. The fourth-order valence-electron chi connectivity index (χ4n) is 3.41. The summed E-state index contributed by atoms with van der Waals surface area (Å²) in [6.45, 7) is 2.29. The van der Waals surface area contributed by atoms with Gasteiger partial charge in [-0.15, -0.1) is 0 Å². The van der Waals surface area contributed by atoms with Gasteiger partial charge in [0.2, 0.25) is 0 Å². The zero-order chi connectivity index (χ0) is 13.1. The predicted molar refractivity (Wildman–Crippen MR) is 79.4 cm³/mol. The third kappa shape index (κ3) is 2.86. The van der Waals surface area contributed by atoms with E-state index in [-0.39, 0.29) is 0 Å². The van der Waals surface area contributed by atoms with E-state index in [0.717, 1.165) is 24.7 Å². The second-order valence-corrected chi connectivity index (χ2v) is 5.92. The highest BCUT2D eigenvalue weighted by atomic mass is 15.0. The van der Waals surface area contributed by atoms with Crippen LogP contribution in [-0.4, -0.2) is 19.1 Å². The summed E-state index contributed by atoms with van der Waals surface area (Å²) in [6, 6.07) is 0.465. The fraction of sp³-hybridized carbons (Fsp3) is 0.625. The van der Waals surface area contributed by atoms with Crippen molar-refractivity contribution in [1.82, 2.24) is 10.6 Å². The first-order valence-corrected chi connectivity index (χ1v) is 7.69. The third-order valence-corrected chi connectivity index (χ3v) is 4.59. The average molecular weight is 259 g/mol. The van der Waals surface area contributed by atoms with Crippen molar-refractivity contribution in [3.63, 3.8) is 0 Å². The topological polar surface area (TPSA) is 50.1 Å². The molecule has 4 N–H and O–H groups in total. The van der Waals surface area contributed by atoms with Crippen LogP contribution in [0.1, 0.15) is 38.5 Å². The largest absolute Gasteiger partial charge is 0.397 e. The molecule has 0 saturated carbocycles. The molecule has 2 heterocycles. The van der Waals surface area contributed by atoms with Crippen LogP contribution in [0, 0.1) is 5.92 Å². The Bertz CT molecular complexity index is 414. The van der Waals surface area contributed by atoms with Gasteiger partial charge in [-0.05, 0) is 69.2 Å². The van der Waals surface area contributed by atoms with Gasteiger partial charge in [-0.3, -0.25) is 0 Å². The van der Waals surface area contributed by atoms with E-state index >= 15 is 0 Å². The Morgan fingerprint density at radius 1 is 1.16 bits per heavy atom. The molecule has 1 unspecified atom stereocenters. The Balaban J connectivity index is 1.73. The molecular formula is C16H25N3. The molecule has 1 atom stereocenters. The zero-order valence-corrected chi connectivity index (χ0v) is 11.6. The lowest BCUT2D eigenvalue weighted by Gasteiger charge is -2.34. The van der Waals surface area contributed by atoms with E-state index in [1.165, 1.54) is 49.8 Å². The maximum Gasteiger partial charge on any atom is 0.0607 e. The first-order valence-electron chi connectivity index (χ1n) is 7.69. The van der Waals surface area contributed by atoms with Gasteiger partial charge in [-0.25, -0.2) is 0 Å². The van der Waals surface area contributed by atoms with Gasteiger partial charge in [0, 0.05) is 6.04 Å². The number of nitrogens with one attached hydrogen (secondary N) is 2. The Labute approximate surface area is 116 Å². The average Bonchev–Trinajstić information content (AvgIpc) is 2.49. The Morgan fingerprint density at radius 3 is 2.74 bits per heavy atom. The van der Waals surface area contributed by atoms with Crippen LogP contribution in [0.5, 0.6) is 0 Å². The summed E-state index contributed by atoms with van der Waals surface area (Å²) in [5, 5.41) is 7.15. The van der Waals surface area contributed by atoms with Crippen molar-refractivity contribution in [3.8, 4) is 0 Å². The fourth-order valence-corrected chi connectivity index (χ4v) is 3.41. The summed E-state index contributed by atoms with van der Waals surface area (Å²) in [4.78, 5) is 0. The van der Waals surface area contributed by atoms with Gasteiger partial charge in [-0.2, -0.15) is 0 Å². The van der Waals surface area contributed by atoms with Gasteiger partial charge in [0.1, 0.15) is 0 Å². The lowest BCUT2D eigenvalue weighted by Crippen LogP contribution is -2.42. The quantitative estimate of drug-likeness (QED) is 0.712. The molecule has 3 nitrogen and oxygen atoms in total. The van der Waals surface area contributed by atoms with Crippen molar-refractivity contribution in [2.24, 2.45) is 11.7 Å². The van der Waals surface area contributed by atoms with Crippen LogP contribution < -0.4 is 16.4 Å². The minimum atomic E-state index is 0.465. The Kier molecular flexibility index (Phi) is 3.92. The predicted octanol–water partition coefficient (Wildman–Crippen LogP) is 2.18. The van der Waals surface area contributed by atoms with E-state index in [1.807, 2.05) is 0 Å². The molecular weight excluding hydrogens is 234 g/mol.